The van der Waals surface area contributed by atoms with Crippen LogP contribution in [0.3, 0.4) is 0 Å². The predicted molar refractivity (Wildman–Crippen MR) is 74.2 cm³/mol. The van der Waals surface area contributed by atoms with Gasteiger partial charge in [-0.1, -0.05) is 0 Å². The summed E-state index contributed by atoms with van der Waals surface area (Å²) in [4.78, 5) is -0.0419. The van der Waals surface area contributed by atoms with Crippen LogP contribution in [0.2, 0.25) is 0 Å². The van der Waals surface area contributed by atoms with E-state index in [4.69, 9.17) is 5.11 Å². The Hall–Kier alpha value is -1.00. The first-order valence-electron chi connectivity index (χ1n) is 5.90. The number of benzene rings is 1. The molecule has 1 aromatic carbocycles. The number of aliphatic hydroxyl groups excluding tert-OH is 1. The van der Waals surface area contributed by atoms with Crippen LogP contribution in [0.4, 0.5) is 0 Å². The molecule has 0 bridgehead atoms. The molecule has 0 aliphatic heterocycles. The van der Waals surface area contributed by atoms with Gasteiger partial charge < -0.3 is 5.11 Å². The van der Waals surface area contributed by atoms with Crippen molar-refractivity contribution in [3.05, 3.63) is 24.3 Å². The van der Waals surface area contributed by atoms with Crippen LogP contribution >= 0.6 is 0 Å². The maximum Gasteiger partial charge on any atom is 0.240 e. The fourth-order valence-corrected chi connectivity index (χ4v) is 3.51. The third-order valence-electron chi connectivity index (χ3n) is 2.63. The molecule has 0 aliphatic carbocycles. The van der Waals surface area contributed by atoms with Gasteiger partial charge in [0, 0.05) is 12.6 Å². The average Bonchev–Trinajstić information content (AvgIpc) is 2.38. The van der Waals surface area contributed by atoms with Crippen LogP contribution in [-0.2, 0) is 20.0 Å². The van der Waals surface area contributed by atoms with E-state index in [0.29, 0.717) is 6.42 Å². The minimum Gasteiger partial charge on any atom is -0.396 e. The molecule has 0 spiro atoms. The molecule has 1 aromatic rings. The lowest BCUT2D eigenvalue weighted by molar-refractivity contribution is 0.275. The van der Waals surface area contributed by atoms with Gasteiger partial charge in [-0.3, -0.25) is 0 Å². The van der Waals surface area contributed by atoms with Crippen LogP contribution in [0.5, 0.6) is 0 Å². The molecule has 0 radical (unpaired) electrons. The Bertz CT molecular complexity index is 638. The standard InChI is InChI=1S/C11H18N2O5S2/c1-9(7-8-14)13-20(17,18)11-5-3-10(4-6-11)19(15,16)12-2/h3-6,9,12-14H,7-8H2,1-2H3. The van der Waals surface area contributed by atoms with E-state index in [9.17, 15) is 16.8 Å². The number of rotatable bonds is 7. The highest BCUT2D eigenvalue weighted by atomic mass is 32.2. The van der Waals surface area contributed by atoms with E-state index in [1.165, 1.54) is 31.3 Å². The van der Waals surface area contributed by atoms with Gasteiger partial charge in [-0.15, -0.1) is 0 Å². The molecule has 1 atom stereocenters. The quantitative estimate of drug-likeness (QED) is 0.635. The van der Waals surface area contributed by atoms with E-state index in [1.807, 2.05) is 0 Å². The largest absolute Gasteiger partial charge is 0.396 e. The molecule has 7 nitrogen and oxygen atoms in total. The van der Waals surface area contributed by atoms with Crippen molar-refractivity contribution in [2.24, 2.45) is 0 Å². The van der Waals surface area contributed by atoms with Crippen molar-refractivity contribution >= 4 is 20.0 Å². The summed E-state index contributed by atoms with van der Waals surface area (Å²) < 4.78 is 51.6. The van der Waals surface area contributed by atoms with Crippen LogP contribution in [0.15, 0.2) is 34.1 Å². The highest BCUT2D eigenvalue weighted by Gasteiger charge is 2.18. The van der Waals surface area contributed by atoms with Gasteiger partial charge in [0.2, 0.25) is 20.0 Å². The maximum atomic E-state index is 12.0. The molecule has 0 saturated carbocycles. The average molecular weight is 322 g/mol. The van der Waals surface area contributed by atoms with Gasteiger partial charge >= 0.3 is 0 Å². The molecule has 20 heavy (non-hydrogen) atoms. The molecule has 0 aromatic heterocycles. The molecule has 0 amide bonds. The van der Waals surface area contributed by atoms with Crippen molar-refractivity contribution in [1.82, 2.24) is 9.44 Å². The van der Waals surface area contributed by atoms with E-state index >= 15 is 0 Å². The Morgan fingerprint density at radius 2 is 1.50 bits per heavy atom. The lowest BCUT2D eigenvalue weighted by atomic mass is 10.3. The summed E-state index contributed by atoms with van der Waals surface area (Å²) in [5.41, 5.74) is 0. The molecule has 0 aliphatic rings. The second-order valence-electron chi connectivity index (χ2n) is 4.21. The van der Waals surface area contributed by atoms with E-state index in [2.05, 4.69) is 9.44 Å². The lowest BCUT2D eigenvalue weighted by Gasteiger charge is -2.13. The van der Waals surface area contributed by atoms with Gasteiger partial charge in [-0.25, -0.2) is 26.3 Å². The molecule has 0 saturated heterocycles. The minimum absolute atomic E-state index is 0.0117. The summed E-state index contributed by atoms with van der Waals surface area (Å²) in [5, 5.41) is 8.75. The van der Waals surface area contributed by atoms with Gasteiger partial charge in [0.05, 0.1) is 9.79 Å². The number of sulfonamides is 2. The third kappa shape index (κ3) is 4.25. The van der Waals surface area contributed by atoms with E-state index < -0.39 is 26.1 Å². The van der Waals surface area contributed by atoms with Crippen LogP contribution in [0, 0.1) is 0 Å². The Morgan fingerprint density at radius 3 is 1.90 bits per heavy atom. The predicted octanol–water partition coefficient (Wildman–Crippen LogP) is -0.356. The second-order valence-corrected chi connectivity index (χ2v) is 7.81. The molecule has 1 unspecified atom stereocenters. The monoisotopic (exact) mass is 322 g/mol. The van der Waals surface area contributed by atoms with Gasteiger partial charge in [0.15, 0.2) is 0 Å². The molecule has 1 rings (SSSR count). The Kier molecular flexibility index (Phi) is 5.66. The molecular formula is C11H18N2O5S2. The molecule has 0 heterocycles. The van der Waals surface area contributed by atoms with Gasteiger partial charge in [0.1, 0.15) is 0 Å². The van der Waals surface area contributed by atoms with Gasteiger partial charge in [-0.05, 0) is 44.7 Å². The molecule has 3 N–H and O–H groups in total. The van der Waals surface area contributed by atoms with Crippen molar-refractivity contribution in [3.8, 4) is 0 Å². The van der Waals surface area contributed by atoms with Crippen molar-refractivity contribution < 1.29 is 21.9 Å². The van der Waals surface area contributed by atoms with E-state index in [0.717, 1.165) is 0 Å². The highest BCUT2D eigenvalue weighted by Crippen LogP contribution is 2.14. The Morgan fingerprint density at radius 1 is 1.05 bits per heavy atom. The smallest absolute Gasteiger partial charge is 0.240 e. The SMILES string of the molecule is CNS(=O)(=O)c1ccc(S(=O)(=O)NC(C)CCO)cc1. The zero-order chi connectivity index (χ0) is 15.4. The molecule has 9 heteroatoms. The Balaban J connectivity index is 2.99. The van der Waals surface area contributed by atoms with Crippen LogP contribution in [0.1, 0.15) is 13.3 Å². The summed E-state index contributed by atoms with van der Waals surface area (Å²) in [6, 6.07) is 4.47. The molecule has 114 valence electrons. The zero-order valence-electron chi connectivity index (χ0n) is 11.2. The van der Waals surface area contributed by atoms with Crippen LogP contribution in [-0.4, -0.2) is 41.6 Å². The number of hydrogen-bond donors (Lipinski definition) is 3. The first kappa shape index (κ1) is 17.1. The summed E-state index contributed by atoms with van der Waals surface area (Å²) >= 11 is 0. The molecule has 0 fully saturated rings. The van der Waals surface area contributed by atoms with E-state index in [1.54, 1.807) is 6.92 Å². The van der Waals surface area contributed by atoms with Crippen LogP contribution < -0.4 is 9.44 Å². The summed E-state index contributed by atoms with van der Waals surface area (Å²) in [5.74, 6) is 0. The van der Waals surface area contributed by atoms with Gasteiger partial charge in [-0.2, -0.15) is 0 Å². The van der Waals surface area contributed by atoms with Crippen LogP contribution in [0.25, 0.3) is 0 Å². The fourth-order valence-electron chi connectivity index (χ4n) is 1.50. The lowest BCUT2D eigenvalue weighted by Crippen LogP contribution is -2.33. The normalized spacial score (nSPS) is 14.2. The Labute approximate surface area is 119 Å². The highest BCUT2D eigenvalue weighted by molar-refractivity contribution is 7.90. The zero-order valence-corrected chi connectivity index (χ0v) is 12.8. The van der Waals surface area contributed by atoms with Crippen molar-refractivity contribution in [3.63, 3.8) is 0 Å². The van der Waals surface area contributed by atoms with Crippen molar-refractivity contribution in [1.29, 1.82) is 0 Å². The second kappa shape index (κ2) is 6.64. The van der Waals surface area contributed by atoms with Gasteiger partial charge in [0.25, 0.3) is 0 Å². The topological polar surface area (TPSA) is 113 Å². The van der Waals surface area contributed by atoms with Crippen molar-refractivity contribution in [2.45, 2.75) is 29.2 Å². The van der Waals surface area contributed by atoms with Crippen molar-refractivity contribution in [2.75, 3.05) is 13.7 Å². The minimum atomic E-state index is -3.73. The summed E-state index contributed by atoms with van der Waals surface area (Å²) in [6.45, 7) is 1.51. The first-order chi connectivity index (χ1) is 9.23. The first-order valence-corrected chi connectivity index (χ1v) is 8.86. The number of nitrogens with one attached hydrogen (secondary N) is 2. The number of hydrogen-bond acceptors (Lipinski definition) is 5. The summed E-state index contributed by atoms with van der Waals surface area (Å²) in [7, 11) is -6.04. The summed E-state index contributed by atoms with van der Waals surface area (Å²) in [6.07, 6.45) is 0.297. The number of aliphatic hydroxyl groups is 1. The maximum absolute atomic E-state index is 12.0. The van der Waals surface area contributed by atoms with E-state index in [-0.39, 0.29) is 16.4 Å². The molecular weight excluding hydrogens is 304 g/mol. The fraction of sp³-hybridized carbons (Fsp3) is 0.455. The third-order valence-corrected chi connectivity index (χ3v) is 5.67.